The van der Waals surface area contributed by atoms with Gasteiger partial charge in [0.25, 0.3) is 0 Å². The molecule has 0 aliphatic heterocycles. The zero-order valence-corrected chi connectivity index (χ0v) is 10.00. The third kappa shape index (κ3) is 3.09. The molecule has 90 valence electrons. The van der Waals surface area contributed by atoms with Crippen molar-refractivity contribution in [3.63, 3.8) is 0 Å². The van der Waals surface area contributed by atoms with Crippen LogP contribution in [0.2, 0.25) is 0 Å². The Labute approximate surface area is 97.3 Å². The highest BCUT2D eigenvalue weighted by Crippen LogP contribution is 2.31. The lowest BCUT2D eigenvalue weighted by molar-refractivity contribution is -0.0119. The van der Waals surface area contributed by atoms with Crippen LogP contribution in [0.15, 0.2) is 18.5 Å². The number of aromatic amines is 1. The molecule has 1 aliphatic rings. The number of nitrogens with one attached hydrogen (secondary N) is 2. The smallest absolute Gasteiger partial charge is 0.0774 e. The molecule has 0 spiro atoms. The summed E-state index contributed by atoms with van der Waals surface area (Å²) in [6.07, 6.45) is 8.21. The second kappa shape index (κ2) is 5.02. The molecule has 1 aromatic rings. The van der Waals surface area contributed by atoms with Gasteiger partial charge in [0, 0.05) is 25.5 Å². The van der Waals surface area contributed by atoms with Crippen LogP contribution in [-0.4, -0.2) is 22.2 Å². The molecule has 1 heterocycles. The van der Waals surface area contributed by atoms with Crippen LogP contribution < -0.4 is 5.32 Å². The maximum atomic E-state index is 10.4. The summed E-state index contributed by atoms with van der Waals surface area (Å²) in [7, 11) is 0. The van der Waals surface area contributed by atoms with E-state index in [0.29, 0.717) is 12.5 Å². The fourth-order valence-corrected chi connectivity index (χ4v) is 2.70. The van der Waals surface area contributed by atoms with Crippen LogP contribution in [0.25, 0.3) is 0 Å². The Balaban J connectivity index is 1.76. The molecule has 0 aromatic carbocycles. The van der Waals surface area contributed by atoms with Crippen molar-refractivity contribution >= 4 is 0 Å². The van der Waals surface area contributed by atoms with E-state index in [4.69, 9.17) is 0 Å². The number of rotatable bonds is 4. The molecule has 2 atom stereocenters. The predicted octanol–water partition coefficient (Wildman–Crippen LogP) is 2.05. The molecule has 16 heavy (non-hydrogen) atoms. The van der Waals surface area contributed by atoms with Gasteiger partial charge in [-0.25, -0.2) is 0 Å². The number of H-pyrrole nitrogens is 1. The van der Waals surface area contributed by atoms with Crippen LogP contribution in [0.4, 0.5) is 0 Å². The lowest BCUT2D eigenvalue weighted by Crippen LogP contribution is -2.43. The molecule has 1 aromatic heterocycles. The highest BCUT2D eigenvalue weighted by molar-refractivity contribution is 5.07. The molecule has 0 radical (unpaired) electrons. The molecule has 2 unspecified atom stereocenters. The minimum Gasteiger partial charge on any atom is -0.389 e. The minimum absolute atomic E-state index is 0.478. The lowest BCUT2D eigenvalue weighted by atomic mass is 9.79. The Bertz CT molecular complexity index is 310. The molecule has 0 amide bonds. The fraction of sp³-hybridized carbons (Fsp3) is 0.692. The second-order valence-electron chi connectivity index (χ2n) is 5.25. The first kappa shape index (κ1) is 11.7. The maximum Gasteiger partial charge on any atom is 0.0774 e. The SMILES string of the molecule is CC1CCCC(O)(CNCc2cc[nH]c2)C1. The quantitative estimate of drug-likeness (QED) is 0.730. The van der Waals surface area contributed by atoms with E-state index in [1.54, 1.807) is 0 Å². The van der Waals surface area contributed by atoms with Gasteiger partial charge in [-0.15, -0.1) is 0 Å². The zero-order valence-electron chi connectivity index (χ0n) is 10.00. The van der Waals surface area contributed by atoms with Crippen molar-refractivity contribution in [3.8, 4) is 0 Å². The lowest BCUT2D eigenvalue weighted by Gasteiger charge is -2.35. The first-order valence-corrected chi connectivity index (χ1v) is 6.23. The van der Waals surface area contributed by atoms with Crippen molar-refractivity contribution in [2.75, 3.05) is 6.54 Å². The van der Waals surface area contributed by atoms with Crippen LogP contribution >= 0.6 is 0 Å². The van der Waals surface area contributed by atoms with Crippen molar-refractivity contribution in [1.29, 1.82) is 0 Å². The average molecular weight is 222 g/mol. The van der Waals surface area contributed by atoms with Gasteiger partial charge in [0.15, 0.2) is 0 Å². The van der Waals surface area contributed by atoms with E-state index < -0.39 is 5.60 Å². The first-order valence-electron chi connectivity index (χ1n) is 6.23. The monoisotopic (exact) mass is 222 g/mol. The molecule has 3 nitrogen and oxygen atoms in total. The molecule has 1 aliphatic carbocycles. The Morgan fingerprint density at radius 2 is 2.50 bits per heavy atom. The van der Waals surface area contributed by atoms with Gasteiger partial charge in [-0.1, -0.05) is 19.8 Å². The predicted molar refractivity (Wildman–Crippen MR) is 65.1 cm³/mol. The molecule has 1 saturated carbocycles. The Kier molecular flexibility index (Phi) is 3.66. The Morgan fingerprint density at radius 1 is 1.62 bits per heavy atom. The maximum absolute atomic E-state index is 10.4. The third-order valence-corrected chi connectivity index (χ3v) is 3.51. The van der Waals surface area contributed by atoms with Crippen molar-refractivity contribution in [2.24, 2.45) is 5.92 Å². The van der Waals surface area contributed by atoms with E-state index in [-0.39, 0.29) is 0 Å². The Morgan fingerprint density at radius 3 is 3.19 bits per heavy atom. The van der Waals surface area contributed by atoms with Crippen LogP contribution in [0, 0.1) is 5.92 Å². The normalized spacial score (nSPS) is 30.5. The molecule has 3 heteroatoms. The van der Waals surface area contributed by atoms with Gasteiger partial charge in [0.05, 0.1) is 5.60 Å². The molecule has 2 rings (SSSR count). The van der Waals surface area contributed by atoms with Crippen LogP contribution in [0.5, 0.6) is 0 Å². The third-order valence-electron chi connectivity index (χ3n) is 3.51. The second-order valence-corrected chi connectivity index (χ2v) is 5.25. The van der Waals surface area contributed by atoms with Gasteiger partial charge in [0.1, 0.15) is 0 Å². The topological polar surface area (TPSA) is 48.0 Å². The summed E-state index contributed by atoms with van der Waals surface area (Å²) >= 11 is 0. The molecule has 3 N–H and O–H groups in total. The Hall–Kier alpha value is -0.800. The first-order chi connectivity index (χ1) is 7.68. The number of hydrogen-bond acceptors (Lipinski definition) is 2. The van der Waals surface area contributed by atoms with Crippen LogP contribution in [-0.2, 0) is 6.54 Å². The van der Waals surface area contributed by atoms with Crippen LogP contribution in [0.1, 0.15) is 38.2 Å². The van der Waals surface area contributed by atoms with Crippen LogP contribution in [0.3, 0.4) is 0 Å². The minimum atomic E-state index is -0.478. The summed E-state index contributed by atoms with van der Waals surface area (Å²) < 4.78 is 0. The van der Waals surface area contributed by atoms with Crippen molar-refractivity contribution < 1.29 is 5.11 Å². The highest BCUT2D eigenvalue weighted by Gasteiger charge is 2.31. The number of aliphatic hydroxyl groups is 1. The summed E-state index contributed by atoms with van der Waals surface area (Å²) in [5, 5.41) is 13.7. The van der Waals surface area contributed by atoms with E-state index in [1.165, 1.54) is 12.0 Å². The molecular formula is C13H22N2O. The zero-order chi connectivity index (χ0) is 11.4. The van der Waals surface area contributed by atoms with Gasteiger partial charge in [-0.2, -0.15) is 0 Å². The fourth-order valence-electron chi connectivity index (χ4n) is 2.70. The largest absolute Gasteiger partial charge is 0.389 e. The summed E-state index contributed by atoms with van der Waals surface area (Å²) in [6.45, 7) is 3.78. The van der Waals surface area contributed by atoms with Crippen molar-refractivity contribution in [1.82, 2.24) is 10.3 Å². The van der Waals surface area contributed by atoms with Gasteiger partial charge in [-0.3, -0.25) is 0 Å². The van der Waals surface area contributed by atoms with Gasteiger partial charge in [0.2, 0.25) is 0 Å². The number of hydrogen-bond donors (Lipinski definition) is 3. The highest BCUT2D eigenvalue weighted by atomic mass is 16.3. The molecular weight excluding hydrogens is 200 g/mol. The summed E-state index contributed by atoms with van der Waals surface area (Å²) in [6, 6.07) is 2.06. The van der Waals surface area contributed by atoms with E-state index in [9.17, 15) is 5.11 Å². The summed E-state index contributed by atoms with van der Waals surface area (Å²) in [4.78, 5) is 3.03. The summed E-state index contributed by atoms with van der Waals surface area (Å²) in [5.74, 6) is 0.660. The summed E-state index contributed by atoms with van der Waals surface area (Å²) in [5.41, 5.74) is 0.765. The van der Waals surface area contributed by atoms with E-state index in [1.807, 2.05) is 12.4 Å². The van der Waals surface area contributed by atoms with E-state index >= 15 is 0 Å². The standard InChI is InChI=1S/C13H22N2O/c1-11-3-2-5-13(16,7-11)10-15-9-12-4-6-14-8-12/h4,6,8,11,14-16H,2-3,5,7,9-10H2,1H3. The van der Waals surface area contributed by atoms with E-state index in [2.05, 4.69) is 23.3 Å². The van der Waals surface area contributed by atoms with Gasteiger partial charge >= 0.3 is 0 Å². The number of aromatic nitrogens is 1. The van der Waals surface area contributed by atoms with Crippen molar-refractivity contribution in [3.05, 3.63) is 24.0 Å². The molecule has 0 saturated heterocycles. The van der Waals surface area contributed by atoms with Gasteiger partial charge < -0.3 is 15.4 Å². The average Bonchev–Trinajstić information content (AvgIpc) is 2.69. The van der Waals surface area contributed by atoms with Gasteiger partial charge in [-0.05, 0) is 30.4 Å². The molecule has 0 bridgehead atoms. The van der Waals surface area contributed by atoms with Crippen molar-refractivity contribution in [2.45, 2.75) is 44.8 Å². The molecule has 1 fully saturated rings. The van der Waals surface area contributed by atoms with E-state index in [0.717, 1.165) is 25.8 Å².